The van der Waals surface area contributed by atoms with Gasteiger partial charge in [-0.15, -0.1) is 0 Å². The molecule has 12 N–H and O–H groups in total. The maximum atomic E-state index is 12.2. The topological polar surface area (TPSA) is 668 Å². The van der Waals surface area contributed by atoms with Gasteiger partial charge in [-0.1, -0.05) is 172 Å². The molecule has 7 aliphatic rings. The van der Waals surface area contributed by atoms with Gasteiger partial charge in [0.1, 0.15) is 73.2 Å². The summed E-state index contributed by atoms with van der Waals surface area (Å²) in [7, 11) is -27.2. The third kappa shape index (κ3) is 57.2. The minimum Gasteiger partial charge on any atom is -0.756 e. The standard InChI is InChI=1S/C21H43O7P.C17H27O7P.C15H31O9P.C15H29O7P.C15H31O7P.C12H25O7P/c1-17(2)16-19-21(20(23)18(3)27-19)28-29(24,25)26-15-13-11-9-7-5-4-6-8-10-12-14-22;1-11(2)8-15-17(16(19)12(3)23-15)24-25(20,21)22-10-14-6-4-13(9-18)5-7-14;1-11(2)10-13-15(14(17)12(3)23-13)24-25(18,19)22-9-8-21-7-6-20-5-4-16;1-9(2)8-13-15(14(17)10(3)20-13)22-23(18,19)21-12-6-4-11(16)5-7-12;1-11(2)10-13-15(14(17)12(3)21-13)22-23(18,19)20-9-7-5-4-6-8-16;1-8(2)7-10-12(11(14)9(3)18-10)19-20(15,16)17-6-4-5-13/h17-23H,4-16H2,1-3H3,(H,24,25);4-7,11-12,15-19H,8-10H2,1-3H3,(H,20,21);11-17H,4-10H2,1-3H3,(H,18,19);9-17H,4-8H2,1-3H3,(H,18,19);11-17H,4-10H2,1-3H3,(H,18,19);8-14H,4-7H2,1-3H3,(H,15,16)/p-6/t18-,19+,20-,21+;12-,15+,16-,17+;12-,13+,14-,15+;10-,11?,12?,13+,14-,15+;12-,13+,14-,15+;9-,10+,11-,12+/m000000/s1. The first kappa shape index (κ1) is 138. The van der Waals surface area contributed by atoms with Crippen molar-refractivity contribution in [1.82, 2.24) is 0 Å². The number of unbranched alkanes of at least 4 members (excludes halogenated alkanes) is 12. The first-order valence-corrected chi connectivity index (χ1v) is 60.6. The molecular weight excluding hydrogens is 2030 g/mol. The summed E-state index contributed by atoms with van der Waals surface area (Å²) in [5.41, 5.74) is 1.36. The predicted molar refractivity (Wildman–Crippen MR) is 523 cm³/mol. The van der Waals surface area contributed by atoms with Gasteiger partial charge >= 0.3 is 0 Å². The lowest BCUT2D eigenvalue weighted by molar-refractivity contribution is -0.239. The number of hydrogen-bond acceptors (Lipinski definition) is 44. The molecule has 6 heterocycles. The third-order valence-electron chi connectivity index (χ3n) is 24.4. The second-order valence-electron chi connectivity index (χ2n) is 40.6. The molecule has 1 saturated carbocycles. The first-order chi connectivity index (χ1) is 68.0. The Morgan fingerprint density at radius 1 is 0.276 bits per heavy atom. The van der Waals surface area contributed by atoms with Gasteiger partial charge in [-0.2, -0.15) is 0 Å². The van der Waals surface area contributed by atoms with Crippen molar-refractivity contribution in [2.24, 2.45) is 35.5 Å². The maximum Gasteiger partial charge on any atom is 0.268 e. The number of phosphoric ester groups is 6. The number of ether oxygens (including phenoxy) is 8. The molecule has 50 heteroatoms. The lowest BCUT2D eigenvalue weighted by Gasteiger charge is -2.34. The van der Waals surface area contributed by atoms with Crippen molar-refractivity contribution >= 4 is 46.9 Å². The SMILES string of the molecule is CC(C)C[C@H]1O[C@@H](C)[C@H](O)[C@@H]1OP(=O)([O-])OC1CCC(O)CC1.CC(C)C[C@H]1O[C@@H](C)[C@H](O)[C@@H]1OP(=O)([O-])OCCCCCCCCCCCCO.CC(C)C[C@H]1O[C@@H](C)[C@H](O)[C@@H]1OP(=O)([O-])OCCCCCCO.CC(C)C[C@H]1O[C@@H](C)[C@H](O)[C@@H]1OP(=O)([O-])OCCCO.CC(C)C[C@H]1O[C@@H](C)[C@H](O)[C@@H]1OP(=O)([O-])OCCOCCOCCO.CC(C)C[C@H]1O[C@@H](C)[C@H](O)[C@@H]1OP(=O)([O-])OCc1ccc(CO)cc1. The fourth-order valence-corrected chi connectivity index (χ4v) is 22.9. The van der Waals surface area contributed by atoms with E-state index in [-0.39, 0.29) is 122 Å². The summed E-state index contributed by atoms with van der Waals surface area (Å²) < 4.78 is 176. The summed E-state index contributed by atoms with van der Waals surface area (Å²) in [6.45, 7) is 34.6. The van der Waals surface area contributed by atoms with Crippen molar-refractivity contribution in [3.63, 3.8) is 0 Å². The van der Waals surface area contributed by atoms with Gasteiger partial charge in [0.05, 0.1) is 158 Å². The molecule has 1 aromatic rings. The van der Waals surface area contributed by atoms with Crippen molar-refractivity contribution in [3.8, 4) is 0 Å². The molecule has 6 aliphatic heterocycles. The highest BCUT2D eigenvalue weighted by atomic mass is 31.2. The normalized spacial score (nSPS) is 31.5. The van der Waals surface area contributed by atoms with Crippen LogP contribution in [0.2, 0.25) is 0 Å². The fraction of sp³-hybridized carbons (Fsp3) is 0.937. The van der Waals surface area contributed by atoms with Gasteiger partial charge in [-0.3, -0.25) is 27.4 Å². The highest BCUT2D eigenvalue weighted by molar-refractivity contribution is 7.47. The molecule has 30 atom stereocenters. The van der Waals surface area contributed by atoms with Crippen molar-refractivity contribution in [2.45, 2.75) is 457 Å². The summed E-state index contributed by atoms with van der Waals surface area (Å²) in [5, 5.41) is 114. The molecular formula is C95H180O44P6-6. The molecule has 0 bridgehead atoms. The van der Waals surface area contributed by atoms with Crippen LogP contribution in [0, 0.1) is 35.5 Å². The number of phosphoric acid groups is 6. The molecule has 145 heavy (non-hydrogen) atoms. The smallest absolute Gasteiger partial charge is 0.268 e. The highest BCUT2D eigenvalue weighted by Gasteiger charge is 2.51. The summed E-state index contributed by atoms with van der Waals surface area (Å²) in [5.74, 6) is 1.70. The fourth-order valence-electron chi connectivity index (χ4n) is 16.9. The first-order valence-electron chi connectivity index (χ1n) is 51.8. The molecule has 7 fully saturated rings. The van der Waals surface area contributed by atoms with Crippen molar-refractivity contribution in [3.05, 3.63) is 35.4 Å². The number of hydrogen-bond donors (Lipinski definition) is 12. The molecule has 6 unspecified atom stereocenters. The second-order valence-corrected chi connectivity index (χ2v) is 48.8. The van der Waals surface area contributed by atoms with Crippen LogP contribution in [0.3, 0.4) is 0 Å². The Morgan fingerprint density at radius 2 is 0.503 bits per heavy atom. The van der Waals surface area contributed by atoms with Crippen LogP contribution in [-0.4, -0.2) is 299 Å². The van der Waals surface area contributed by atoms with Gasteiger partial charge in [0.25, 0.3) is 46.9 Å². The average molecular weight is 2210 g/mol. The van der Waals surface area contributed by atoms with E-state index in [1.54, 1.807) is 65.8 Å². The molecule has 8 rings (SSSR count). The monoisotopic (exact) mass is 2210 g/mol. The van der Waals surface area contributed by atoms with Crippen LogP contribution in [0.5, 0.6) is 0 Å². The van der Waals surface area contributed by atoms with Crippen molar-refractivity contribution in [1.29, 1.82) is 0 Å². The minimum atomic E-state index is -4.61. The van der Waals surface area contributed by atoms with Crippen molar-refractivity contribution in [2.75, 3.05) is 79.3 Å². The molecule has 44 nitrogen and oxygen atoms in total. The van der Waals surface area contributed by atoms with E-state index in [0.717, 1.165) is 50.5 Å². The molecule has 0 radical (unpaired) electrons. The molecule has 1 aromatic carbocycles. The van der Waals surface area contributed by atoms with E-state index in [1.807, 2.05) is 83.1 Å². The molecule has 6 saturated heterocycles. The van der Waals surface area contributed by atoms with Crippen LogP contribution in [-0.2, 0) is 133 Å². The Kier molecular flexibility index (Phi) is 68.8. The summed E-state index contributed by atoms with van der Waals surface area (Å²) in [6, 6.07) is 6.71. The van der Waals surface area contributed by atoms with Crippen LogP contribution in [0.1, 0.15) is 296 Å². The van der Waals surface area contributed by atoms with E-state index in [4.69, 9.17) is 113 Å². The number of aliphatic hydroxyl groups is 12. The molecule has 860 valence electrons. The molecule has 0 aromatic heterocycles. The van der Waals surface area contributed by atoms with E-state index in [0.29, 0.717) is 107 Å². The average Bonchev–Trinajstić information content (AvgIpc) is 1.68. The van der Waals surface area contributed by atoms with Gasteiger partial charge in [0.15, 0.2) is 0 Å². The van der Waals surface area contributed by atoms with E-state index in [2.05, 4.69) is 4.52 Å². The van der Waals surface area contributed by atoms with Gasteiger partial charge < -0.3 is 183 Å². The van der Waals surface area contributed by atoms with Gasteiger partial charge in [0, 0.05) is 19.8 Å². The number of aliphatic hydroxyl groups excluding tert-OH is 12. The number of rotatable bonds is 63. The second kappa shape index (κ2) is 72.2. The lowest BCUT2D eigenvalue weighted by atomic mass is 9.95. The van der Waals surface area contributed by atoms with Crippen LogP contribution in [0.15, 0.2) is 24.3 Å². The van der Waals surface area contributed by atoms with Gasteiger partial charge in [-0.05, 0) is 184 Å². The Bertz CT molecular complexity index is 3790. The predicted octanol–water partition coefficient (Wildman–Crippen LogP) is 9.16. The lowest BCUT2D eigenvalue weighted by Crippen LogP contribution is -2.36. The zero-order valence-corrected chi connectivity index (χ0v) is 93.8. The Morgan fingerprint density at radius 3 is 0.766 bits per heavy atom. The quantitative estimate of drug-likeness (QED) is 0.0213. The summed E-state index contributed by atoms with van der Waals surface area (Å²) >= 11 is 0. The highest BCUT2D eigenvalue weighted by Crippen LogP contribution is 2.52. The Labute approximate surface area is 860 Å². The molecule has 1 aliphatic carbocycles. The van der Waals surface area contributed by atoms with E-state index in [1.165, 1.54) is 25.7 Å². The van der Waals surface area contributed by atoms with Gasteiger partial charge in [-0.25, -0.2) is 0 Å². The summed E-state index contributed by atoms with van der Waals surface area (Å²) in [6.07, 6.45) is 0.897. The van der Waals surface area contributed by atoms with E-state index < -0.39 is 200 Å². The molecule has 0 amide bonds. The van der Waals surface area contributed by atoms with Crippen LogP contribution in [0.4, 0.5) is 0 Å². The van der Waals surface area contributed by atoms with Crippen LogP contribution in [0.25, 0.3) is 0 Å². The van der Waals surface area contributed by atoms with Gasteiger partial charge in [0.2, 0.25) is 0 Å². The van der Waals surface area contributed by atoms with Crippen LogP contribution < -0.4 is 29.4 Å². The zero-order valence-electron chi connectivity index (χ0n) is 88.5. The largest absolute Gasteiger partial charge is 0.756 e. The van der Waals surface area contributed by atoms with Crippen molar-refractivity contribution < 1.29 is 210 Å². The zero-order chi connectivity index (χ0) is 109. The summed E-state index contributed by atoms with van der Waals surface area (Å²) in [4.78, 5) is 72.0. The van der Waals surface area contributed by atoms with Crippen LogP contribution >= 0.6 is 46.9 Å². The Balaban J connectivity index is 0.000000448. The van der Waals surface area contributed by atoms with E-state index >= 15 is 0 Å². The number of benzene rings is 1. The Hall–Kier alpha value is -0.920. The maximum absolute atomic E-state index is 12.2. The minimum absolute atomic E-state index is 0.0419. The molecule has 0 spiro atoms. The van der Waals surface area contributed by atoms with E-state index in [9.17, 15) is 92.5 Å². The third-order valence-corrected chi connectivity index (χ3v) is 30.4.